The molecule has 0 heterocycles. The fourth-order valence-corrected chi connectivity index (χ4v) is 11.5. The predicted molar refractivity (Wildman–Crippen MR) is 243 cm³/mol. The summed E-state index contributed by atoms with van der Waals surface area (Å²) in [4.78, 5) is 0. The molecule has 0 amide bonds. The van der Waals surface area contributed by atoms with E-state index in [1.165, 1.54) is 68.9 Å². The Kier molecular flexibility index (Phi) is 21.9. The van der Waals surface area contributed by atoms with Crippen LogP contribution in [0.1, 0.15) is 106 Å². The molecule has 0 saturated heterocycles. The molecule has 9 atom stereocenters. The van der Waals surface area contributed by atoms with Crippen LogP contribution in [0.15, 0.2) is 133 Å². The number of hydrogen-bond acceptors (Lipinski definition) is 0. The van der Waals surface area contributed by atoms with E-state index in [9.17, 15) is 0 Å². The average molecular weight is 897 g/mol. The number of allylic oxidation sites excluding steroid dienone is 2. The van der Waals surface area contributed by atoms with Gasteiger partial charge in [0, 0.05) is 0 Å². The van der Waals surface area contributed by atoms with E-state index in [0.29, 0.717) is 0 Å². The van der Waals surface area contributed by atoms with Gasteiger partial charge >= 0.3 is 25.8 Å². The van der Waals surface area contributed by atoms with Crippen molar-refractivity contribution in [2.75, 3.05) is 0 Å². The van der Waals surface area contributed by atoms with Gasteiger partial charge in [-0.3, -0.25) is 0 Å². The van der Waals surface area contributed by atoms with Crippen LogP contribution in [0.2, 0.25) is 18.5 Å². The second-order valence-electron chi connectivity index (χ2n) is 16.0. The SMILES string of the molecule is C(/C=C/c1ccccc1)=C\c1ccccc1.CB(C1CCC2C(c3ccccc3)CCCC12)C1C(C)CC2C(c3ccccc3)CCCC21.[CH2-]C.[CH3-].[CH3-].[CH3-].[Hf+4]. The monoisotopic (exact) mass is 899 g/mol. The van der Waals surface area contributed by atoms with E-state index in [4.69, 9.17) is 0 Å². The first-order valence-electron chi connectivity index (χ1n) is 20.4. The van der Waals surface area contributed by atoms with E-state index in [-0.39, 0.29) is 48.1 Å². The van der Waals surface area contributed by atoms with Gasteiger partial charge in [-0.05, 0) is 89.4 Å². The van der Waals surface area contributed by atoms with E-state index >= 15 is 0 Å². The molecule has 0 spiro atoms. The third kappa shape index (κ3) is 12.1. The third-order valence-corrected chi connectivity index (χ3v) is 13.4. The first-order chi connectivity index (χ1) is 25.2. The molecule has 4 fully saturated rings. The predicted octanol–water partition coefficient (Wildman–Crippen LogP) is 15.7. The number of hydrogen-bond donors (Lipinski definition) is 0. The summed E-state index contributed by atoms with van der Waals surface area (Å²) >= 11 is 0. The Morgan fingerprint density at radius 3 is 1.40 bits per heavy atom. The molecule has 0 aromatic heterocycles. The molecule has 0 nitrogen and oxygen atoms in total. The zero-order valence-electron chi connectivity index (χ0n) is 35.2. The maximum atomic E-state index is 3.25. The van der Waals surface area contributed by atoms with Crippen molar-refractivity contribution >= 4 is 18.9 Å². The van der Waals surface area contributed by atoms with Gasteiger partial charge in [-0.2, -0.15) is 6.92 Å². The van der Waals surface area contributed by atoms with Gasteiger partial charge in [-0.1, -0.05) is 203 Å². The summed E-state index contributed by atoms with van der Waals surface area (Å²) in [5, 5.41) is 0. The quantitative estimate of drug-likeness (QED) is 0.0985. The van der Waals surface area contributed by atoms with Crippen LogP contribution >= 0.6 is 0 Å². The molecule has 0 bridgehead atoms. The van der Waals surface area contributed by atoms with Crippen molar-refractivity contribution in [2.24, 2.45) is 29.6 Å². The van der Waals surface area contributed by atoms with Crippen LogP contribution in [-0.2, 0) is 25.8 Å². The molecule has 0 aliphatic heterocycles. The zero-order chi connectivity index (χ0) is 35.4. The second-order valence-corrected chi connectivity index (χ2v) is 16.0. The Balaban J connectivity index is 0.000000407. The van der Waals surface area contributed by atoms with Crippen LogP contribution in [0.25, 0.3) is 12.2 Å². The number of fused-ring (bicyclic) bond motifs is 2. The van der Waals surface area contributed by atoms with Crippen LogP contribution in [0, 0.1) is 58.8 Å². The minimum absolute atomic E-state index is 0. The maximum Gasteiger partial charge on any atom is 4.00 e. The van der Waals surface area contributed by atoms with Crippen LogP contribution in [0.5, 0.6) is 0 Å². The van der Waals surface area contributed by atoms with Gasteiger partial charge in [-0.15, -0.1) is 0 Å². The normalized spacial score (nSPS) is 27.5. The van der Waals surface area contributed by atoms with Gasteiger partial charge in [0.2, 0.25) is 0 Å². The summed E-state index contributed by atoms with van der Waals surface area (Å²) in [6.45, 7) is 11.2. The molecule has 0 N–H and O–H groups in total. The molecule has 9 unspecified atom stereocenters. The van der Waals surface area contributed by atoms with E-state index in [2.05, 4.69) is 130 Å². The van der Waals surface area contributed by atoms with E-state index < -0.39 is 0 Å². The smallest absolute Gasteiger partial charge is 0.358 e. The first kappa shape index (κ1) is 48.4. The van der Waals surface area contributed by atoms with Crippen molar-refractivity contribution in [3.63, 3.8) is 0 Å². The van der Waals surface area contributed by atoms with Gasteiger partial charge in [-0.25, -0.2) is 0 Å². The van der Waals surface area contributed by atoms with Crippen LogP contribution in [0.4, 0.5) is 0 Å². The average Bonchev–Trinajstić information content (AvgIpc) is 3.79. The summed E-state index contributed by atoms with van der Waals surface area (Å²) in [5.41, 5.74) is 5.71. The van der Waals surface area contributed by atoms with Crippen molar-refractivity contribution in [3.8, 4) is 0 Å². The summed E-state index contributed by atoms with van der Waals surface area (Å²) in [7, 11) is 0. The van der Waals surface area contributed by atoms with E-state index in [0.717, 1.165) is 59.8 Å². The van der Waals surface area contributed by atoms with Gasteiger partial charge in [0.05, 0.1) is 0 Å². The first-order valence-corrected chi connectivity index (χ1v) is 20.4. The van der Waals surface area contributed by atoms with Gasteiger partial charge < -0.3 is 29.2 Å². The summed E-state index contributed by atoms with van der Waals surface area (Å²) in [5.74, 6) is 8.33. The molecule has 55 heavy (non-hydrogen) atoms. The Labute approximate surface area is 359 Å². The molecule has 4 aliphatic rings. The fourth-order valence-electron chi connectivity index (χ4n) is 11.5. The number of rotatable bonds is 7. The molecular weight excluding hydrogens is 826 g/mol. The molecule has 4 aromatic rings. The largest absolute Gasteiger partial charge is 4.00 e. The molecule has 4 aliphatic carbocycles. The number of benzene rings is 4. The second kappa shape index (κ2) is 24.8. The molecule has 4 saturated carbocycles. The molecular formula is C53H71BHf. The molecule has 290 valence electrons. The van der Waals surface area contributed by atoms with Crippen LogP contribution in [0.3, 0.4) is 0 Å². The minimum atomic E-state index is 0. The molecule has 8 rings (SSSR count). The van der Waals surface area contributed by atoms with E-state index in [1.807, 2.05) is 36.4 Å². The molecule has 4 aromatic carbocycles. The van der Waals surface area contributed by atoms with Crippen molar-refractivity contribution in [1.82, 2.24) is 0 Å². The van der Waals surface area contributed by atoms with E-state index in [1.54, 1.807) is 18.1 Å². The van der Waals surface area contributed by atoms with Crippen molar-refractivity contribution in [3.05, 3.63) is 185 Å². The van der Waals surface area contributed by atoms with Crippen molar-refractivity contribution in [2.45, 2.75) is 102 Å². The standard InChI is InChI=1S/C32H43B.C16H14.C2H5.3CH3.Hf/c1-22-21-30-26(24-13-7-4-8-14-24)16-10-18-29(30)32(22)33(2)31-20-19-27-25(15-9-17-28(27)31)23-11-5-3-6-12-23;1-3-9-15(10-4-1)13-7-8-14-16-11-5-2-6-12-16;1-2;;;;/h3-8,11-14,22,25-32H,9-10,15-21H2,1-2H3;1-14H;1H2,2H3;3*1H3;/q;;4*-1;+4/b;13-7+,14-8+;;;;;. The Hall–Kier alpha value is -2.70. The summed E-state index contributed by atoms with van der Waals surface area (Å²) < 4.78 is 0. The third-order valence-electron chi connectivity index (χ3n) is 13.4. The zero-order valence-corrected chi connectivity index (χ0v) is 38.8. The molecule has 2 heteroatoms. The summed E-state index contributed by atoms with van der Waals surface area (Å²) in [6, 6.07) is 43.7. The Bertz CT molecular complexity index is 1570. The summed E-state index contributed by atoms with van der Waals surface area (Å²) in [6.07, 6.45) is 21.5. The maximum absolute atomic E-state index is 3.25. The minimum Gasteiger partial charge on any atom is -0.358 e. The van der Waals surface area contributed by atoms with Crippen LogP contribution < -0.4 is 0 Å². The Morgan fingerprint density at radius 2 is 0.927 bits per heavy atom. The van der Waals surface area contributed by atoms with Crippen molar-refractivity contribution in [1.29, 1.82) is 0 Å². The van der Waals surface area contributed by atoms with Gasteiger partial charge in [0.25, 0.3) is 0 Å². The van der Waals surface area contributed by atoms with Gasteiger partial charge in [0.15, 0.2) is 0 Å². The molecule has 0 radical (unpaired) electrons. The van der Waals surface area contributed by atoms with Crippen LogP contribution in [-0.4, -0.2) is 6.71 Å². The van der Waals surface area contributed by atoms with Gasteiger partial charge in [0.1, 0.15) is 6.71 Å². The fraction of sp³-hybridized carbons (Fsp3) is 0.396. The topological polar surface area (TPSA) is 0 Å². The Morgan fingerprint density at radius 1 is 0.509 bits per heavy atom. The van der Waals surface area contributed by atoms with Crippen molar-refractivity contribution < 1.29 is 25.8 Å².